The molecule has 0 aliphatic heterocycles. The molecule has 28 heavy (non-hydrogen) atoms. The van der Waals surface area contributed by atoms with E-state index >= 15 is 0 Å². The van der Waals surface area contributed by atoms with Crippen molar-refractivity contribution < 1.29 is 14.3 Å². The summed E-state index contributed by atoms with van der Waals surface area (Å²) in [6.07, 6.45) is 0. The normalized spacial score (nSPS) is 10.5. The fraction of sp³-hybridized carbons (Fsp3) is 0.208. The number of amides is 1. The second-order valence-electron chi connectivity index (χ2n) is 6.30. The van der Waals surface area contributed by atoms with Crippen LogP contribution in [-0.2, 0) is 4.79 Å². The molecule has 0 atom stereocenters. The van der Waals surface area contributed by atoms with Crippen LogP contribution in [0.15, 0.2) is 84.9 Å². The van der Waals surface area contributed by atoms with Gasteiger partial charge in [-0.2, -0.15) is 0 Å². The van der Waals surface area contributed by atoms with E-state index < -0.39 is 0 Å². The standard InChI is InChI=1S/C24H25NO3/c1-2-27-21-14-9-15-22(18-21)28-17-16-25-24(26)23(19-10-5-3-6-11-19)20-12-7-4-8-13-20/h3-15,18,23H,2,16-17H2,1H3,(H,25,26). The molecule has 0 aliphatic rings. The third-order valence-electron chi connectivity index (χ3n) is 4.31. The van der Waals surface area contributed by atoms with Crippen LogP contribution in [0.25, 0.3) is 0 Å². The van der Waals surface area contributed by atoms with Crippen molar-refractivity contribution in [3.8, 4) is 11.5 Å². The highest BCUT2D eigenvalue weighted by atomic mass is 16.5. The molecule has 0 spiro atoms. The van der Waals surface area contributed by atoms with Crippen LogP contribution in [0.3, 0.4) is 0 Å². The Morgan fingerprint density at radius 3 is 1.96 bits per heavy atom. The van der Waals surface area contributed by atoms with Crippen LogP contribution in [0, 0.1) is 0 Å². The van der Waals surface area contributed by atoms with Gasteiger partial charge in [-0.05, 0) is 30.2 Å². The number of rotatable bonds is 9. The van der Waals surface area contributed by atoms with Gasteiger partial charge in [-0.1, -0.05) is 66.7 Å². The lowest BCUT2D eigenvalue weighted by Gasteiger charge is -2.18. The van der Waals surface area contributed by atoms with Crippen molar-refractivity contribution in [3.05, 3.63) is 96.1 Å². The summed E-state index contributed by atoms with van der Waals surface area (Å²) < 4.78 is 11.2. The van der Waals surface area contributed by atoms with E-state index in [0.29, 0.717) is 19.8 Å². The Morgan fingerprint density at radius 1 is 0.821 bits per heavy atom. The van der Waals surface area contributed by atoms with Crippen LogP contribution in [0.4, 0.5) is 0 Å². The molecule has 0 bridgehead atoms. The largest absolute Gasteiger partial charge is 0.494 e. The van der Waals surface area contributed by atoms with Crippen molar-refractivity contribution in [2.24, 2.45) is 0 Å². The fourth-order valence-electron chi connectivity index (χ4n) is 3.05. The molecule has 1 N–H and O–H groups in total. The summed E-state index contributed by atoms with van der Waals surface area (Å²) in [5, 5.41) is 2.99. The second kappa shape index (κ2) is 10.2. The lowest BCUT2D eigenvalue weighted by atomic mass is 9.90. The molecule has 4 nitrogen and oxygen atoms in total. The predicted octanol–water partition coefficient (Wildman–Crippen LogP) is 4.41. The van der Waals surface area contributed by atoms with Crippen LogP contribution >= 0.6 is 0 Å². The summed E-state index contributed by atoms with van der Waals surface area (Å²) in [6, 6.07) is 27.1. The SMILES string of the molecule is CCOc1cccc(OCCNC(=O)C(c2ccccc2)c2ccccc2)c1. The molecule has 0 fully saturated rings. The maximum absolute atomic E-state index is 12.9. The Balaban J connectivity index is 1.59. The molecule has 4 heteroatoms. The first-order valence-corrected chi connectivity index (χ1v) is 9.51. The van der Waals surface area contributed by atoms with Crippen LogP contribution < -0.4 is 14.8 Å². The third kappa shape index (κ3) is 5.36. The zero-order valence-electron chi connectivity index (χ0n) is 16.0. The van der Waals surface area contributed by atoms with Gasteiger partial charge in [0.2, 0.25) is 5.91 Å². The minimum atomic E-state index is -0.344. The first-order chi connectivity index (χ1) is 13.8. The van der Waals surface area contributed by atoms with E-state index in [4.69, 9.17) is 9.47 Å². The molecule has 0 heterocycles. The molecule has 3 aromatic rings. The zero-order valence-corrected chi connectivity index (χ0v) is 16.0. The molecule has 0 saturated carbocycles. The maximum Gasteiger partial charge on any atom is 0.232 e. The Morgan fingerprint density at radius 2 is 1.39 bits per heavy atom. The van der Waals surface area contributed by atoms with E-state index in [9.17, 15) is 4.79 Å². The Hall–Kier alpha value is -3.27. The van der Waals surface area contributed by atoms with Gasteiger partial charge in [0.15, 0.2) is 0 Å². The van der Waals surface area contributed by atoms with Crippen LogP contribution in [0.2, 0.25) is 0 Å². The number of hydrogen-bond donors (Lipinski definition) is 1. The van der Waals surface area contributed by atoms with Crippen molar-refractivity contribution in [2.75, 3.05) is 19.8 Å². The highest BCUT2D eigenvalue weighted by molar-refractivity contribution is 5.87. The maximum atomic E-state index is 12.9. The Bertz CT molecular complexity index is 826. The second-order valence-corrected chi connectivity index (χ2v) is 6.30. The zero-order chi connectivity index (χ0) is 19.6. The molecule has 0 radical (unpaired) electrons. The van der Waals surface area contributed by atoms with Gasteiger partial charge in [-0.3, -0.25) is 4.79 Å². The lowest BCUT2D eigenvalue weighted by Crippen LogP contribution is -2.33. The van der Waals surface area contributed by atoms with Gasteiger partial charge in [0.05, 0.1) is 19.1 Å². The summed E-state index contributed by atoms with van der Waals surface area (Å²) in [6.45, 7) is 3.37. The van der Waals surface area contributed by atoms with Crippen molar-refractivity contribution in [2.45, 2.75) is 12.8 Å². The molecule has 0 saturated heterocycles. The average molecular weight is 375 g/mol. The number of nitrogens with one attached hydrogen (secondary N) is 1. The van der Waals surface area contributed by atoms with Crippen molar-refractivity contribution >= 4 is 5.91 Å². The number of benzene rings is 3. The third-order valence-corrected chi connectivity index (χ3v) is 4.31. The van der Waals surface area contributed by atoms with E-state index in [1.807, 2.05) is 91.9 Å². The van der Waals surface area contributed by atoms with Crippen LogP contribution in [-0.4, -0.2) is 25.7 Å². The quantitative estimate of drug-likeness (QED) is 0.564. The predicted molar refractivity (Wildman–Crippen MR) is 111 cm³/mol. The van der Waals surface area contributed by atoms with Crippen molar-refractivity contribution in [3.63, 3.8) is 0 Å². The summed E-state index contributed by atoms with van der Waals surface area (Å²) in [5.41, 5.74) is 1.94. The molecular formula is C24H25NO3. The number of hydrogen-bond acceptors (Lipinski definition) is 3. The summed E-state index contributed by atoms with van der Waals surface area (Å²) in [4.78, 5) is 12.9. The summed E-state index contributed by atoms with van der Waals surface area (Å²) >= 11 is 0. The van der Waals surface area contributed by atoms with Gasteiger partial charge in [0, 0.05) is 6.07 Å². The van der Waals surface area contributed by atoms with Gasteiger partial charge in [-0.25, -0.2) is 0 Å². The average Bonchev–Trinajstić information content (AvgIpc) is 2.74. The van der Waals surface area contributed by atoms with Crippen molar-refractivity contribution in [1.82, 2.24) is 5.32 Å². The highest BCUT2D eigenvalue weighted by Crippen LogP contribution is 2.24. The molecule has 144 valence electrons. The molecule has 0 aromatic heterocycles. The smallest absolute Gasteiger partial charge is 0.232 e. The van der Waals surface area contributed by atoms with E-state index in [2.05, 4.69) is 5.32 Å². The fourth-order valence-corrected chi connectivity index (χ4v) is 3.05. The Labute approximate surface area is 166 Å². The van der Waals surface area contributed by atoms with E-state index in [-0.39, 0.29) is 11.8 Å². The molecule has 0 aliphatic carbocycles. The van der Waals surface area contributed by atoms with Gasteiger partial charge >= 0.3 is 0 Å². The molecule has 3 aromatic carbocycles. The monoisotopic (exact) mass is 375 g/mol. The van der Waals surface area contributed by atoms with Crippen LogP contribution in [0.5, 0.6) is 11.5 Å². The first-order valence-electron chi connectivity index (χ1n) is 9.51. The van der Waals surface area contributed by atoms with Crippen LogP contribution in [0.1, 0.15) is 24.0 Å². The number of ether oxygens (including phenoxy) is 2. The topological polar surface area (TPSA) is 47.6 Å². The molecule has 3 rings (SSSR count). The summed E-state index contributed by atoms with van der Waals surface area (Å²) in [7, 11) is 0. The summed E-state index contributed by atoms with van der Waals surface area (Å²) in [5.74, 6) is 1.12. The molecule has 0 unspecified atom stereocenters. The van der Waals surface area contributed by atoms with E-state index in [1.54, 1.807) is 0 Å². The van der Waals surface area contributed by atoms with Gasteiger partial charge < -0.3 is 14.8 Å². The first kappa shape index (κ1) is 19.5. The minimum absolute atomic E-state index is 0.0379. The number of carbonyl (C=O) groups is 1. The van der Waals surface area contributed by atoms with Crippen molar-refractivity contribution in [1.29, 1.82) is 0 Å². The highest BCUT2D eigenvalue weighted by Gasteiger charge is 2.21. The van der Waals surface area contributed by atoms with E-state index in [0.717, 1.165) is 22.6 Å². The van der Waals surface area contributed by atoms with Gasteiger partial charge in [-0.15, -0.1) is 0 Å². The minimum Gasteiger partial charge on any atom is -0.494 e. The van der Waals surface area contributed by atoms with Gasteiger partial charge in [0.1, 0.15) is 18.1 Å². The number of carbonyl (C=O) groups excluding carboxylic acids is 1. The van der Waals surface area contributed by atoms with E-state index in [1.165, 1.54) is 0 Å². The Kier molecular flexibility index (Phi) is 7.08. The molecule has 1 amide bonds. The van der Waals surface area contributed by atoms with Gasteiger partial charge in [0.25, 0.3) is 0 Å². The molecular weight excluding hydrogens is 350 g/mol. The lowest BCUT2D eigenvalue weighted by molar-refractivity contribution is -0.121.